The number of carbonyl (C=O) groups excluding carboxylic acids is 1. The first-order valence-electron chi connectivity index (χ1n) is 7.32. The van der Waals surface area contributed by atoms with E-state index in [-0.39, 0.29) is 5.25 Å². The summed E-state index contributed by atoms with van der Waals surface area (Å²) in [7, 11) is -3.37. The van der Waals surface area contributed by atoms with Gasteiger partial charge in [0.05, 0.1) is 5.25 Å². The molecule has 1 amide bonds. The molecule has 1 fully saturated rings. The maximum Gasteiger partial charge on any atom is 0.239 e. The highest BCUT2D eigenvalue weighted by molar-refractivity contribution is 7.92. The van der Waals surface area contributed by atoms with Crippen LogP contribution in [-0.2, 0) is 21.2 Å². The third-order valence-corrected chi connectivity index (χ3v) is 6.06. The van der Waals surface area contributed by atoms with Gasteiger partial charge in [0.25, 0.3) is 0 Å². The van der Waals surface area contributed by atoms with Crippen LogP contribution < -0.4 is 11.1 Å². The summed E-state index contributed by atoms with van der Waals surface area (Å²) in [5, 5.41) is 2.30. The van der Waals surface area contributed by atoms with Gasteiger partial charge in [0.15, 0.2) is 9.84 Å². The highest BCUT2D eigenvalue weighted by atomic mass is 32.2. The number of hydrogen-bond donors (Lipinski definition) is 2. The van der Waals surface area contributed by atoms with Gasteiger partial charge >= 0.3 is 0 Å². The second-order valence-corrected chi connectivity index (χ2v) is 7.76. The van der Waals surface area contributed by atoms with Crippen molar-refractivity contribution in [3.63, 3.8) is 0 Å². The number of hydrogen-bond acceptors (Lipinski definition) is 4. The molecule has 5 nitrogen and oxygen atoms in total. The number of anilines is 1. The lowest BCUT2D eigenvalue weighted by Crippen LogP contribution is -2.32. The monoisotopic (exact) mass is 310 g/mol. The van der Waals surface area contributed by atoms with Crippen LogP contribution in [0.15, 0.2) is 24.3 Å². The Balaban J connectivity index is 2.00. The Hall–Kier alpha value is -1.40. The van der Waals surface area contributed by atoms with Gasteiger partial charge in [-0.25, -0.2) is 8.42 Å². The fourth-order valence-electron chi connectivity index (χ4n) is 2.73. The van der Waals surface area contributed by atoms with Gasteiger partial charge in [-0.05, 0) is 24.5 Å². The number of nitrogens with two attached hydrogens (primary N) is 1. The predicted molar refractivity (Wildman–Crippen MR) is 83.6 cm³/mol. The Morgan fingerprint density at radius 1 is 1.19 bits per heavy atom. The quantitative estimate of drug-likeness (QED) is 0.868. The van der Waals surface area contributed by atoms with Gasteiger partial charge in [0.2, 0.25) is 5.91 Å². The van der Waals surface area contributed by atoms with Crippen molar-refractivity contribution in [2.75, 3.05) is 11.1 Å². The molecule has 21 heavy (non-hydrogen) atoms. The topological polar surface area (TPSA) is 89.3 Å². The minimum Gasteiger partial charge on any atom is -0.326 e. The van der Waals surface area contributed by atoms with E-state index in [1.165, 1.54) is 0 Å². The first-order chi connectivity index (χ1) is 10.0. The third kappa shape index (κ3) is 4.28. The van der Waals surface area contributed by atoms with Crippen LogP contribution in [0.1, 0.15) is 37.7 Å². The van der Waals surface area contributed by atoms with Gasteiger partial charge in [0, 0.05) is 12.2 Å². The Kier molecular flexibility index (Phi) is 5.36. The second-order valence-electron chi connectivity index (χ2n) is 5.48. The Morgan fingerprint density at radius 3 is 2.52 bits per heavy atom. The van der Waals surface area contributed by atoms with E-state index in [1.807, 2.05) is 12.1 Å². The van der Waals surface area contributed by atoms with E-state index in [0.717, 1.165) is 24.8 Å². The molecule has 0 aromatic heterocycles. The fraction of sp³-hybridized carbons (Fsp3) is 0.533. The van der Waals surface area contributed by atoms with Crippen molar-refractivity contribution in [1.29, 1.82) is 0 Å². The number of benzene rings is 1. The van der Waals surface area contributed by atoms with Gasteiger partial charge in [-0.2, -0.15) is 0 Å². The summed E-state index contributed by atoms with van der Waals surface area (Å²) >= 11 is 0. The molecule has 1 aromatic rings. The molecule has 1 aliphatic rings. The van der Waals surface area contributed by atoms with Gasteiger partial charge in [0.1, 0.15) is 5.75 Å². The van der Waals surface area contributed by atoms with E-state index >= 15 is 0 Å². The van der Waals surface area contributed by atoms with E-state index in [4.69, 9.17) is 5.73 Å². The Morgan fingerprint density at radius 2 is 1.86 bits per heavy atom. The van der Waals surface area contributed by atoms with Crippen LogP contribution in [0.5, 0.6) is 0 Å². The van der Waals surface area contributed by atoms with Crippen LogP contribution in [0.2, 0.25) is 0 Å². The number of nitrogens with one attached hydrogen (secondary N) is 1. The molecule has 0 radical (unpaired) electrons. The van der Waals surface area contributed by atoms with Crippen molar-refractivity contribution in [2.45, 2.75) is 43.9 Å². The second kappa shape index (κ2) is 7.04. The lowest BCUT2D eigenvalue weighted by atomic mass is 10.0. The molecule has 0 bridgehead atoms. The van der Waals surface area contributed by atoms with E-state index in [1.54, 1.807) is 12.1 Å². The largest absolute Gasteiger partial charge is 0.326 e. The fourth-order valence-corrected chi connectivity index (χ4v) is 4.46. The van der Waals surface area contributed by atoms with E-state index in [2.05, 4.69) is 5.32 Å². The van der Waals surface area contributed by atoms with E-state index in [9.17, 15) is 13.2 Å². The number of rotatable bonds is 5. The highest BCUT2D eigenvalue weighted by Crippen LogP contribution is 2.24. The summed E-state index contributed by atoms with van der Waals surface area (Å²) in [4.78, 5) is 12.0. The normalized spacial score (nSPS) is 16.6. The molecular formula is C15H22N2O3S. The molecule has 0 atom stereocenters. The first-order valence-corrected chi connectivity index (χ1v) is 9.04. The molecule has 6 heteroatoms. The summed E-state index contributed by atoms with van der Waals surface area (Å²) in [6, 6.07) is 7.15. The molecular weight excluding hydrogens is 288 g/mol. The average Bonchev–Trinajstić information content (AvgIpc) is 2.48. The van der Waals surface area contributed by atoms with Gasteiger partial charge < -0.3 is 11.1 Å². The van der Waals surface area contributed by atoms with Crippen molar-refractivity contribution in [3.8, 4) is 0 Å². The lowest BCUT2D eigenvalue weighted by molar-refractivity contribution is -0.113. The van der Waals surface area contributed by atoms with Gasteiger partial charge in [-0.3, -0.25) is 4.79 Å². The van der Waals surface area contributed by atoms with Crippen molar-refractivity contribution in [3.05, 3.63) is 29.8 Å². The molecule has 0 aliphatic heterocycles. The van der Waals surface area contributed by atoms with Crippen LogP contribution in [0, 0.1) is 0 Å². The SMILES string of the molecule is NCc1ccccc1NC(=O)CS(=O)(=O)C1CCCCC1. The van der Waals surface area contributed by atoms with Crippen molar-refractivity contribution >= 4 is 21.4 Å². The number of carbonyl (C=O) groups is 1. The van der Waals surface area contributed by atoms with Crippen LogP contribution in [0.25, 0.3) is 0 Å². The van der Waals surface area contributed by atoms with E-state index in [0.29, 0.717) is 25.1 Å². The maximum absolute atomic E-state index is 12.3. The van der Waals surface area contributed by atoms with Crippen molar-refractivity contribution < 1.29 is 13.2 Å². The van der Waals surface area contributed by atoms with Crippen LogP contribution in [0.4, 0.5) is 5.69 Å². The Bertz CT molecular complexity index is 593. The minimum absolute atomic E-state index is 0.297. The number of amides is 1. The molecule has 1 aliphatic carbocycles. The molecule has 2 rings (SSSR count). The zero-order valence-corrected chi connectivity index (χ0v) is 12.9. The maximum atomic E-state index is 12.3. The minimum atomic E-state index is -3.37. The van der Waals surface area contributed by atoms with E-state index < -0.39 is 21.5 Å². The van der Waals surface area contributed by atoms with Crippen molar-refractivity contribution in [1.82, 2.24) is 0 Å². The summed E-state index contributed by atoms with van der Waals surface area (Å²) < 4.78 is 24.5. The average molecular weight is 310 g/mol. The van der Waals surface area contributed by atoms with Crippen molar-refractivity contribution in [2.24, 2.45) is 5.73 Å². The summed E-state index contributed by atoms with van der Waals surface area (Å²) in [5.41, 5.74) is 6.98. The number of sulfone groups is 1. The first kappa shape index (κ1) is 16.0. The van der Waals surface area contributed by atoms with Crippen LogP contribution in [0.3, 0.4) is 0 Å². The Labute approximate surface area is 125 Å². The molecule has 0 unspecified atom stereocenters. The summed E-state index contributed by atoms with van der Waals surface area (Å²) in [6.07, 6.45) is 4.30. The molecule has 1 saturated carbocycles. The summed E-state index contributed by atoms with van der Waals surface area (Å²) in [6.45, 7) is 0.297. The molecule has 3 N–H and O–H groups in total. The smallest absolute Gasteiger partial charge is 0.239 e. The lowest BCUT2D eigenvalue weighted by Gasteiger charge is -2.21. The van der Waals surface area contributed by atoms with Crippen LogP contribution in [-0.4, -0.2) is 25.3 Å². The number of para-hydroxylation sites is 1. The zero-order chi connectivity index (χ0) is 15.3. The molecule has 0 spiro atoms. The summed E-state index contributed by atoms with van der Waals surface area (Å²) in [5.74, 6) is -0.933. The standard InChI is InChI=1S/C15H22N2O3S/c16-10-12-6-4-5-9-14(12)17-15(18)11-21(19,20)13-7-2-1-3-8-13/h4-6,9,13H,1-3,7-8,10-11,16H2,(H,17,18). The third-order valence-electron chi connectivity index (χ3n) is 3.90. The van der Waals surface area contributed by atoms with Gasteiger partial charge in [-0.1, -0.05) is 37.5 Å². The molecule has 1 aromatic carbocycles. The van der Waals surface area contributed by atoms with Crippen LogP contribution >= 0.6 is 0 Å². The highest BCUT2D eigenvalue weighted by Gasteiger charge is 2.29. The molecule has 0 heterocycles. The molecule has 116 valence electrons. The zero-order valence-electron chi connectivity index (χ0n) is 12.0. The predicted octanol–water partition coefficient (Wildman–Crippen LogP) is 1.83. The molecule has 0 saturated heterocycles. The van der Waals surface area contributed by atoms with Gasteiger partial charge in [-0.15, -0.1) is 0 Å².